The lowest BCUT2D eigenvalue weighted by atomic mass is 9.78. The third-order valence-electron chi connectivity index (χ3n) is 14.7. The van der Waals surface area contributed by atoms with Crippen molar-refractivity contribution >= 4 is 29.2 Å². The molecule has 3 rings (SSSR count). The number of amides is 1. The number of cyclic esters (lactones) is 1. The molecular weight excluding hydrogens is 899 g/mol. The van der Waals surface area contributed by atoms with Crippen molar-refractivity contribution in [2.45, 2.75) is 187 Å². The van der Waals surface area contributed by atoms with Crippen LogP contribution in [0.15, 0.2) is 47.6 Å². The van der Waals surface area contributed by atoms with Gasteiger partial charge < -0.3 is 48.6 Å². The molecule has 1 aliphatic carbocycles. The van der Waals surface area contributed by atoms with Crippen LogP contribution in [0.2, 0.25) is 0 Å². The van der Waals surface area contributed by atoms with Crippen molar-refractivity contribution in [3.63, 3.8) is 0 Å². The predicted octanol–water partition coefficient (Wildman–Crippen LogP) is 6.88. The molecule has 1 amide bonds. The van der Waals surface area contributed by atoms with Gasteiger partial charge in [0.15, 0.2) is 5.78 Å². The average Bonchev–Trinajstić information content (AvgIpc) is 3.34. The second kappa shape index (κ2) is 31.2. The first-order chi connectivity index (χ1) is 33.3. The monoisotopic (exact) mass is 988 g/mol. The van der Waals surface area contributed by atoms with Gasteiger partial charge >= 0.3 is 5.97 Å². The van der Waals surface area contributed by atoms with Crippen molar-refractivity contribution in [1.29, 1.82) is 0 Å². The van der Waals surface area contributed by atoms with E-state index in [1.54, 1.807) is 41.1 Å². The SMILES string of the molecule is CCOCCO[C@@H]1CC[C@@H](C[C@@H](C)[C@H]2CC(=O)[C@H](C)/C=C(\C)[C@@H](O)[C@@H](OC)C(=O)[C@H](C)C[C@H](C)C=CC=C/C=C(/C)[C@@H](OC)C[C@@H](O)CC[C@@H](C)[C@H](O)C(=O)C(=O)N3CCCC[C@@H]3C(=O)O2)C[C@H]1OC. The van der Waals surface area contributed by atoms with E-state index in [4.69, 9.17) is 28.4 Å². The van der Waals surface area contributed by atoms with E-state index in [1.807, 2.05) is 65.0 Å². The first-order valence-corrected chi connectivity index (χ1v) is 25.9. The molecule has 70 heavy (non-hydrogen) atoms. The maximum absolute atomic E-state index is 14.4. The summed E-state index contributed by atoms with van der Waals surface area (Å²) in [5, 5.41) is 33.7. The fourth-order valence-electron chi connectivity index (χ4n) is 10.2. The molecule has 3 N–H and O–H groups in total. The Balaban J connectivity index is 1.97. The van der Waals surface area contributed by atoms with E-state index >= 15 is 0 Å². The fraction of sp³-hybridized carbons (Fsp3) is 0.764. The minimum absolute atomic E-state index is 0.0189. The predicted molar refractivity (Wildman–Crippen MR) is 268 cm³/mol. The van der Waals surface area contributed by atoms with Crippen LogP contribution in [0.3, 0.4) is 0 Å². The molecule has 1 saturated carbocycles. The molecule has 15 atom stereocenters. The summed E-state index contributed by atoms with van der Waals surface area (Å²) in [6, 6.07) is -1.11. The van der Waals surface area contributed by atoms with Gasteiger partial charge in [-0.2, -0.15) is 0 Å². The van der Waals surface area contributed by atoms with Gasteiger partial charge in [0.2, 0.25) is 5.78 Å². The highest BCUT2D eigenvalue weighted by atomic mass is 16.6. The summed E-state index contributed by atoms with van der Waals surface area (Å²) in [5.74, 6) is -5.25. The first-order valence-electron chi connectivity index (χ1n) is 25.9. The van der Waals surface area contributed by atoms with Crippen molar-refractivity contribution in [2.75, 3.05) is 47.7 Å². The molecule has 15 heteroatoms. The maximum Gasteiger partial charge on any atom is 0.329 e. The average molecular weight is 988 g/mol. The van der Waals surface area contributed by atoms with Gasteiger partial charge in [0.1, 0.15) is 36.2 Å². The summed E-state index contributed by atoms with van der Waals surface area (Å²) in [4.78, 5) is 71.1. The molecule has 2 fully saturated rings. The number of nitrogens with zero attached hydrogens (tertiary/aromatic N) is 1. The third-order valence-corrected chi connectivity index (χ3v) is 14.7. The molecule has 0 bridgehead atoms. The maximum atomic E-state index is 14.4. The van der Waals surface area contributed by atoms with E-state index < -0.39 is 78.1 Å². The molecule has 398 valence electrons. The van der Waals surface area contributed by atoms with Crippen LogP contribution in [0.25, 0.3) is 0 Å². The summed E-state index contributed by atoms with van der Waals surface area (Å²) in [5.41, 5.74) is 1.27. The number of methoxy groups -OCH3 is 3. The summed E-state index contributed by atoms with van der Waals surface area (Å²) in [6.45, 7) is 16.3. The summed E-state index contributed by atoms with van der Waals surface area (Å²) >= 11 is 0. The highest BCUT2D eigenvalue weighted by molar-refractivity contribution is 6.38. The van der Waals surface area contributed by atoms with E-state index in [9.17, 15) is 39.3 Å². The van der Waals surface area contributed by atoms with Crippen LogP contribution in [-0.4, -0.2) is 152 Å². The molecule has 0 spiro atoms. The molecule has 2 heterocycles. The van der Waals surface area contributed by atoms with E-state index in [0.717, 1.165) is 18.4 Å². The number of hydrogen-bond donors (Lipinski definition) is 3. The Morgan fingerprint density at radius 2 is 1.51 bits per heavy atom. The number of aliphatic hydroxyl groups is 3. The molecule has 0 radical (unpaired) electrons. The van der Waals surface area contributed by atoms with Crippen LogP contribution in [0, 0.1) is 35.5 Å². The largest absolute Gasteiger partial charge is 0.460 e. The Morgan fingerprint density at radius 1 is 0.786 bits per heavy atom. The normalized spacial score (nSPS) is 36.0. The number of ketones is 3. The lowest BCUT2D eigenvalue weighted by Gasteiger charge is -2.38. The topological polar surface area (TPSA) is 205 Å². The zero-order valence-electron chi connectivity index (χ0n) is 44.2. The number of fused-ring (bicyclic) bond motifs is 1. The molecule has 0 aromatic carbocycles. The number of ether oxygens (including phenoxy) is 6. The zero-order valence-corrected chi connectivity index (χ0v) is 44.2. The molecule has 0 aromatic heterocycles. The van der Waals surface area contributed by atoms with Gasteiger partial charge in [-0.25, -0.2) is 4.79 Å². The first kappa shape index (κ1) is 60.9. The van der Waals surface area contributed by atoms with Gasteiger partial charge in [0.25, 0.3) is 5.91 Å². The smallest absolute Gasteiger partial charge is 0.329 e. The standard InChI is InChI=1S/C55H89NO14/c1-12-68-26-27-69-45-24-22-41(31-48(45)66-10)30-38(6)47-33-44(58)37(5)29-40(8)51(61)53(67-11)50(60)39(7)28-34(2)18-14-13-15-19-35(3)46(65-9)32-42(57)23-21-36(4)49(59)52(62)54(63)56-25-17-16-20-43(56)55(64)70-47/h13-15,18-19,29,34,36-39,41-43,45-49,51,53,57,59,61H,12,16-17,20-28,30-33H2,1-11H3/b15-13?,18-14?,35-19-,40-29+/t34-,36-,37-,38-,39-,41+,42+,43-,45-,46+,47-,48-,49+,51-,53+/m1/s1. The summed E-state index contributed by atoms with van der Waals surface area (Å²) < 4.78 is 35.0. The zero-order chi connectivity index (χ0) is 52.1. The lowest BCUT2D eigenvalue weighted by molar-refractivity contribution is -0.167. The number of Topliss-reactive ketones (excluding diaryl/α,β-unsaturated/α-hetero) is 3. The van der Waals surface area contributed by atoms with Gasteiger partial charge in [0.05, 0.1) is 37.6 Å². The second-order valence-electron chi connectivity index (χ2n) is 20.4. The number of carbonyl (C=O) groups is 5. The minimum atomic E-state index is -1.66. The molecule has 0 aromatic rings. The van der Waals surface area contributed by atoms with Crippen LogP contribution >= 0.6 is 0 Å². The summed E-state index contributed by atoms with van der Waals surface area (Å²) in [7, 11) is 4.61. The second-order valence-corrected chi connectivity index (χ2v) is 20.4. The fourth-order valence-corrected chi connectivity index (χ4v) is 10.2. The van der Waals surface area contributed by atoms with Crippen molar-refractivity contribution in [1.82, 2.24) is 4.90 Å². The van der Waals surface area contributed by atoms with E-state index in [0.29, 0.717) is 57.5 Å². The quantitative estimate of drug-likeness (QED) is 0.0837. The van der Waals surface area contributed by atoms with Crippen molar-refractivity contribution < 1.29 is 67.7 Å². The van der Waals surface area contributed by atoms with Gasteiger partial charge in [-0.15, -0.1) is 0 Å². The Bertz CT molecular complexity index is 1780. The van der Waals surface area contributed by atoms with E-state index in [-0.39, 0.29) is 80.2 Å². The number of esters is 1. The summed E-state index contributed by atoms with van der Waals surface area (Å²) in [6.07, 6.45) is 10.0. The highest BCUT2D eigenvalue weighted by Crippen LogP contribution is 2.35. The van der Waals surface area contributed by atoms with Crippen LogP contribution < -0.4 is 0 Å². The Hall–Kier alpha value is -3.41. The Labute approximate surface area is 418 Å². The van der Waals surface area contributed by atoms with Gasteiger partial charge in [-0.1, -0.05) is 71.1 Å². The van der Waals surface area contributed by atoms with Crippen molar-refractivity contribution in [3.8, 4) is 0 Å². The molecule has 2 aliphatic heterocycles. The van der Waals surface area contributed by atoms with Crippen LogP contribution in [-0.2, 0) is 52.4 Å². The molecule has 15 nitrogen and oxygen atoms in total. The number of allylic oxidation sites excluding steroid dienone is 6. The molecule has 3 aliphatic rings. The van der Waals surface area contributed by atoms with Crippen LogP contribution in [0.1, 0.15) is 132 Å². The number of rotatable bonds is 11. The number of piperidine rings is 1. The van der Waals surface area contributed by atoms with E-state index in [1.165, 1.54) is 12.0 Å². The van der Waals surface area contributed by atoms with Gasteiger partial charge in [-0.05, 0) is 120 Å². The number of aliphatic hydroxyl groups excluding tert-OH is 3. The third kappa shape index (κ3) is 18.9. The van der Waals surface area contributed by atoms with Crippen molar-refractivity contribution in [2.24, 2.45) is 35.5 Å². The Morgan fingerprint density at radius 3 is 2.19 bits per heavy atom. The number of carbonyl (C=O) groups excluding carboxylic acids is 5. The number of hydrogen-bond acceptors (Lipinski definition) is 14. The van der Waals surface area contributed by atoms with Gasteiger partial charge in [-0.3, -0.25) is 19.2 Å². The lowest BCUT2D eigenvalue weighted by Crippen LogP contribution is -2.54. The van der Waals surface area contributed by atoms with Crippen LogP contribution in [0.5, 0.6) is 0 Å². The van der Waals surface area contributed by atoms with Gasteiger partial charge in [0, 0.05) is 59.2 Å². The molecule has 1 saturated heterocycles. The van der Waals surface area contributed by atoms with Crippen LogP contribution in [0.4, 0.5) is 0 Å². The minimum Gasteiger partial charge on any atom is -0.460 e. The highest BCUT2D eigenvalue weighted by Gasteiger charge is 2.42. The van der Waals surface area contributed by atoms with E-state index in [2.05, 4.69) is 0 Å². The molecular formula is C55H89NO14. The Kier molecular flexibility index (Phi) is 27.2. The van der Waals surface area contributed by atoms with Crippen molar-refractivity contribution in [3.05, 3.63) is 47.6 Å². The molecule has 0 unspecified atom stereocenters.